The smallest absolute Gasteiger partial charge is 0.136 e. The Balaban J connectivity index is 1.73. The summed E-state index contributed by atoms with van der Waals surface area (Å²) in [6.45, 7) is 0. The second-order valence-corrected chi connectivity index (χ2v) is 4.64. The van der Waals surface area contributed by atoms with Crippen LogP contribution in [0.2, 0.25) is 0 Å². The molecule has 2 N–H and O–H groups in total. The molecular weight excluding hydrogens is 226 g/mol. The van der Waals surface area contributed by atoms with E-state index in [0.717, 1.165) is 22.8 Å². The van der Waals surface area contributed by atoms with Gasteiger partial charge in [0.15, 0.2) is 0 Å². The highest BCUT2D eigenvalue weighted by Crippen LogP contribution is 2.23. The number of hydrogen-bond acceptors (Lipinski definition) is 2. The molecule has 94 valence electrons. The predicted molar refractivity (Wildman–Crippen MR) is 72.4 cm³/mol. The summed E-state index contributed by atoms with van der Waals surface area (Å²) in [5.74, 6) is 0.837. The Kier molecular flexibility index (Phi) is 2.92. The third-order valence-corrected chi connectivity index (χ3v) is 3.39. The fourth-order valence-electron chi connectivity index (χ4n) is 2.01. The molecule has 4 heteroatoms. The summed E-state index contributed by atoms with van der Waals surface area (Å²) in [5.41, 5.74) is 3.12. The predicted octanol–water partition coefficient (Wildman–Crippen LogP) is 2.99. The molecule has 3 rings (SSSR count). The fraction of sp³-hybridized carbons (Fsp3) is 0.357. The van der Waals surface area contributed by atoms with Crippen molar-refractivity contribution in [1.29, 1.82) is 0 Å². The van der Waals surface area contributed by atoms with Crippen LogP contribution in [0.3, 0.4) is 0 Å². The highest BCUT2D eigenvalue weighted by molar-refractivity contribution is 5.79. The van der Waals surface area contributed by atoms with Crippen molar-refractivity contribution in [3.05, 3.63) is 30.1 Å². The largest absolute Gasteiger partial charge is 0.495 e. The Labute approximate surface area is 106 Å². The number of methoxy groups -OCH3 is 1. The summed E-state index contributed by atoms with van der Waals surface area (Å²) in [5, 5.41) is 0. The molecule has 0 saturated heterocycles. The maximum Gasteiger partial charge on any atom is 0.136 e. The van der Waals surface area contributed by atoms with Crippen molar-refractivity contribution < 1.29 is 4.74 Å². The second kappa shape index (κ2) is 4.72. The van der Waals surface area contributed by atoms with Crippen molar-refractivity contribution in [2.75, 3.05) is 7.11 Å². The van der Waals surface area contributed by atoms with Gasteiger partial charge in [-0.1, -0.05) is 0 Å². The third kappa shape index (κ3) is 2.18. The van der Waals surface area contributed by atoms with Gasteiger partial charge in [0.05, 0.1) is 30.2 Å². The van der Waals surface area contributed by atoms with Crippen LogP contribution in [0.15, 0.2) is 29.4 Å². The van der Waals surface area contributed by atoms with Crippen LogP contribution in [-0.2, 0) is 0 Å². The van der Waals surface area contributed by atoms with Gasteiger partial charge in [0.2, 0.25) is 0 Å². The number of rotatable bonds is 4. The monoisotopic (exact) mass is 243 g/mol. The lowest BCUT2D eigenvalue weighted by molar-refractivity contribution is 0.415. The summed E-state index contributed by atoms with van der Waals surface area (Å²) >= 11 is 0. The van der Waals surface area contributed by atoms with Gasteiger partial charge in [-0.05, 0) is 31.4 Å². The molecule has 0 radical (unpaired) electrons. The SMILES string of the molecule is COc1c[nH]c(-c2ccc(C=NC3CCC3)[nH]2)c1. The number of H-pyrrole nitrogens is 2. The lowest BCUT2D eigenvalue weighted by Crippen LogP contribution is -2.14. The number of hydrogen-bond donors (Lipinski definition) is 2. The van der Waals surface area contributed by atoms with E-state index in [4.69, 9.17) is 4.74 Å². The summed E-state index contributed by atoms with van der Waals surface area (Å²) < 4.78 is 5.15. The van der Waals surface area contributed by atoms with Crippen LogP contribution in [0.5, 0.6) is 5.75 Å². The molecule has 2 aromatic rings. The Morgan fingerprint density at radius 2 is 2.22 bits per heavy atom. The normalized spacial score (nSPS) is 16.1. The molecule has 0 spiro atoms. The van der Waals surface area contributed by atoms with Crippen molar-refractivity contribution in [3.63, 3.8) is 0 Å². The molecule has 0 unspecified atom stereocenters. The number of nitrogens with one attached hydrogen (secondary N) is 2. The zero-order chi connectivity index (χ0) is 12.4. The fourth-order valence-corrected chi connectivity index (χ4v) is 2.01. The minimum Gasteiger partial charge on any atom is -0.495 e. The number of nitrogens with zero attached hydrogens (tertiary/aromatic N) is 1. The molecule has 2 aromatic heterocycles. The van der Waals surface area contributed by atoms with Crippen LogP contribution in [0.25, 0.3) is 11.4 Å². The first-order valence-electron chi connectivity index (χ1n) is 6.30. The Morgan fingerprint density at radius 1 is 1.33 bits per heavy atom. The van der Waals surface area contributed by atoms with Gasteiger partial charge in [-0.15, -0.1) is 0 Å². The average Bonchev–Trinajstić information content (AvgIpc) is 2.94. The molecule has 18 heavy (non-hydrogen) atoms. The Morgan fingerprint density at radius 3 is 2.89 bits per heavy atom. The van der Waals surface area contributed by atoms with Crippen LogP contribution in [0, 0.1) is 0 Å². The standard InChI is InChI=1S/C14H17N3O/c1-18-12-7-14(16-9-12)13-6-5-11(17-13)8-15-10-3-2-4-10/h5-10,16-17H,2-4H2,1H3. The van der Waals surface area contributed by atoms with Crippen molar-refractivity contribution in [2.24, 2.45) is 4.99 Å². The molecule has 1 aliphatic rings. The molecule has 0 atom stereocenters. The van der Waals surface area contributed by atoms with E-state index < -0.39 is 0 Å². The van der Waals surface area contributed by atoms with E-state index in [1.165, 1.54) is 19.3 Å². The number of ether oxygens (including phenoxy) is 1. The van der Waals surface area contributed by atoms with E-state index >= 15 is 0 Å². The average molecular weight is 243 g/mol. The van der Waals surface area contributed by atoms with Crippen LogP contribution >= 0.6 is 0 Å². The molecule has 0 amide bonds. The lowest BCUT2D eigenvalue weighted by atomic mass is 9.94. The number of aromatic amines is 2. The van der Waals surface area contributed by atoms with Crippen molar-refractivity contribution in [1.82, 2.24) is 9.97 Å². The maximum atomic E-state index is 5.15. The van der Waals surface area contributed by atoms with Gasteiger partial charge in [0, 0.05) is 18.5 Å². The van der Waals surface area contributed by atoms with E-state index in [1.807, 2.05) is 30.6 Å². The van der Waals surface area contributed by atoms with Crippen molar-refractivity contribution in [3.8, 4) is 17.1 Å². The summed E-state index contributed by atoms with van der Waals surface area (Å²) in [6.07, 6.45) is 7.57. The molecule has 2 heterocycles. The van der Waals surface area contributed by atoms with Crippen molar-refractivity contribution >= 4 is 6.21 Å². The summed E-state index contributed by atoms with van der Waals surface area (Å²) in [6, 6.07) is 6.61. The topological polar surface area (TPSA) is 53.2 Å². The Hall–Kier alpha value is -1.97. The van der Waals surface area contributed by atoms with Gasteiger partial charge in [-0.25, -0.2) is 0 Å². The zero-order valence-corrected chi connectivity index (χ0v) is 10.4. The molecule has 0 aromatic carbocycles. The minimum atomic E-state index is 0.544. The molecule has 1 fully saturated rings. The quantitative estimate of drug-likeness (QED) is 0.797. The van der Waals surface area contributed by atoms with E-state index in [1.54, 1.807) is 7.11 Å². The van der Waals surface area contributed by atoms with Crippen LogP contribution < -0.4 is 4.74 Å². The lowest BCUT2D eigenvalue weighted by Gasteiger charge is -2.20. The van der Waals surface area contributed by atoms with Crippen LogP contribution in [0.1, 0.15) is 25.0 Å². The summed E-state index contributed by atoms with van der Waals surface area (Å²) in [4.78, 5) is 11.0. The highest BCUT2D eigenvalue weighted by atomic mass is 16.5. The summed E-state index contributed by atoms with van der Waals surface area (Å²) in [7, 11) is 1.67. The number of aromatic nitrogens is 2. The molecule has 4 nitrogen and oxygen atoms in total. The molecular formula is C14H17N3O. The van der Waals surface area contributed by atoms with Crippen LogP contribution in [0.4, 0.5) is 0 Å². The third-order valence-electron chi connectivity index (χ3n) is 3.39. The van der Waals surface area contributed by atoms with Gasteiger partial charge in [0.25, 0.3) is 0 Å². The highest BCUT2D eigenvalue weighted by Gasteiger charge is 2.14. The minimum absolute atomic E-state index is 0.544. The van der Waals surface area contributed by atoms with Gasteiger partial charge in [-0.3, -0.25) is 4.99 Å². The Bertz CT molecular complexity index is 549. The van der Waals surface area contributed by atoms with Crippen LogP contribution in [-0.4, -0.2) is 29.3 Å². The number of aliphatic imine (C=N–C) groups is 1. The first-order valence-corrected chi connectivity index (χ1v) is 6.30. The van der Waals surface area contributed by atoms with Gasteiger partial charge >= 0.3 is 0 Å². The van der Waals surface area contributed by atoms with E-state index in [2.05, 4.69) is 15.0 Å². The maximum absolute atomic E-state index is 5.15. The molecule has 0 bridgehead atoms. The van der Waals surface area contributed by atoms with E-state index in [-0.39, 0.29) is 0 Å². The second-order valence-electron chi connectivity index (χ2n) is 4.64. The first-order chi connectivity index (χ1) is 8.85. The van der Waals surface area contributed by atoms with E-state index in [9.17, 15) is 0 Å². The van der Waals surface area contributed by atoms with Gasteiger partial charge < -0.3 is 14.7 Å². The first kappa shape index (κ1) is 11.1. The molecule has 0 aliphatic heterocycles. The van der Waals surface area contributed by atoms with E-state index in [0.29, 0.717) is 6.04 Å². The molecule has 1 saturated carbocycles. The van der Waals surface area contributed by atoms with Crippen molar-refractivity contribution in [2.45, 2.75) is 25.3 Å². The molecule has 1 aliphatic carbocycles. The van der Waals surface area contributed by atoms with Gasteiger partial charge in [-0.2, -0.15) is 0 Å². The van der Waals surface area contributed by atoms with Gasteiger partial charge in [0.1, 0.15) is 5.75 Å². The zero-order valence-electron chi connectivity index (χ0n) is 10.4.